The van der Waals surface area contributed by atoms with E-state index in [4.69, 9.17) is 4.42 Å². The Kier molecular flexibility index (Phi) is 4.70. The number of aromatic nitrogens is 2. The van der Waals surface area contributed by atoms with Gasteiger partial charge < -0.3 is 14.7 Å². The molecule has 5 nitrogen and oxygen atoms in total. The number of aromatic amines is 1. The minimum atomic E-state index is -4.76. The minimum absolute atomic E-state index is 0. The monoisotopic (exact) mass is 391 g/mol. The Morgan fingerprint density at radius 2 is 1.88 bits per heavy atom. The number of rotatable bonds is 1. The second-order valence-corrected chi connectivity index (χ2v) is 6.08. The Morgan fingerprint density at radius 1 is 1.19 bits per heavy atom. The number of hydrogen-bond donors (Lipinski definition) is 2. The molecule has 140 valence electrons. The molecule has 10 heteroatoms. The molecule has 0 saturated carbocycles. The van der Waals surface area contributed by atoms with Gasteiger partial charge in [0.1, 0.15) is 22.6 Å². The molecule has 0 radical (unpaired) electrons. The van der Waals surface area contributed by atoms with Gasteiger partial charge in [-0.05, 0) is 32.0 Å². The molecule has 1 aliphatic rings. The van der Waals surface area contributed by atoms with Gasteiger partial charge in [0, 0.05) is 12.0 Å². The molecule has 0 aliphatic carbocycles. The van der Waals surface area contributed by atoms with Crippen molar-refractivity contribution in [3.8, 4) is 0 Å². The molecule has 26 heavy (non-hydrogen) atoms. The molecule has 0 unspecified atom stereocenters. The standard InChI is InChI=1S/C16H13F4N3O2.ClH/c17-9-5-8-10(24)6-11(7-1-3-21-4-2-7)25-14(8)13-12(9)22-15(23-13)16(18,19)20;/h5-7,21H,1-4H2,(H,22,23);1H. The highest BCUT2D eigenvalue weighted by Gasteiger charge is 2.36. The van der Waals surface area contributed by atoms with Crippen LogP contribution < -0.4 is 10.7 Å². The number of alkyl halides is 3. The van der Waals surface area contributed by atoms with Crippen LogP contribution in [0.1, 0.15) is 30.3 Å². The van der Waals surface area contributed by atoms with E-state index in [1.165, 1.54) is 6.07 Å². The first-order chi connectivity index (χ1) is 11.8. The van der Waals surface area contributed by atoms with Crippen LogP contribution in [0.5, 0.6) is 0 Å². The third kappa shape index (κ3) is 3.05. The first kappa shape index (κ1) is 18.7. The van der Waals surface area contributed by atoms with Crippen LogP contribution in [-0.4, -0.2) is 23.1 Å². The van der Waals surface area contributed by atoms with Gasteiger partial charge in [-0.25, -0.2) is 9.37 Å². The van der Waals surface area contributed by atoms with Crippen LogP contribution in [-0.2, 0) is 6.18 Å². The predicted octanol–water partition coefficient (Wildman–Crippen LogP) is 3.72. The molecular formula is C16H14ClF4N3O2. The fourth-order valence-electron chi connectivity index (χ4n) is 3.18. The predicted molar refractivity (Wildman–Crippen MR) is 89.2 cm³/mol. The number of imidazole rings is 1. The highest BCUT2D eigenvalue weighted by molar-refractivity contribution is 6.00. The first-order valence-electron chi connectivity index (χ1n) is 7.78. The molecule has 3 heterocycles. The summed E-state index contributed by atoms with van der Waals surface area (Å²) in [6, 6.07) is 2.18. The van der Waals surface area contributed by atoms with Crippen molar-refractivity contribution in [3.63, 3.8) is 0 Å². The van der Waals surface area contributed by atoms with E-state index in [2.05, 4.69) is 10.3 Å². The largest absolute Gasteiger partial charge is 0.458 e. The van der Waals surface area contributed by atoms with Gasteiger partial charge in [-0.3, -0.25) is 4.79 Å². The molecule has 0 spiro atoms. The quantitative estimate of drug-likeness (QED) is 0.620. The summed E-state index contributed by atoms with van der Waals surface area (Å²) in [5.41, 5.74) is -1.36. The number of fused-ring (bicyclic) bond motifs is 3. The molecule has 2 N–H and O–H groups in total. The van der Waals surface area contributed by atoms with Crippen molar-refractivity contribution in [1.29, 1.82) is 0 Å². The van der Waals surface area contributed by atoms with Crippen molar-refractivity contribution in [2.45, 2.75) is 24.9 Å². The number of halogens is 5. The van der Waals surface area contributed by atoms with Crippen molar-refractivity contribution in [2.24, 2.45) is 0 Å². The Hall–Kier alpha value is -2.13. The van der Waals surface area contributed by atoms with Crippen molar-refractivity contribution in [1.82, 2.24) is 15.3 Å². The van der Waals surface area contributed by atoms with Crippen LogP contribution in [0.15, 0.2) is 21.3 Å². The molecule has 1 fully saturated rings. The van der Waals surface area contributed by atoms with Crippen LogP contribution in [0.2, 0.25) is 0 Å². The maximum Gasteiger partial charge on any atom is 0.449 e. The molecule has 1 saturated heterocycles. The maximum absolute atomic E-state index is 14.1. The average molecular weight is 392 g/mol. The van der Waals surface area contributed by atoms with Gasteiger partial charge in [0.2, 0.25) is 5.82 Å². The molecule has 0 atom stereocenters. The van der Waals surface area contributed by atoms with Gasteiger partial charge in [-0.1, -0.05) is 0 Å². The van der Waals surface area contributed by atoms with E-state index in [0.29, 0.717) is 5.76 Å². The molecule has 4 rings (SSSR count). The van der Waals surface area contributed by atoms with Crippen molar-refractivity contribution < 1.29 is 22.0 Å². The molecular weight excluding hydrogens is 378 g/mol. The Bertz CT molecular complexity index is 1020. The van der Waals surface area contributed by atoms with E-state index in [9.17, 15) is 22.4 Å². The van der Waals surface area contributed by atoms with Crippen LogP contribution in [0.3, 0.4) is 0 Å². The smallest absolute Gasteiger partial charge is 0.449 e. The SMILES string of the molecule is Cl.O=c1cc(C2CCNCC2)oc2c1cc(F)c1[nH]c(C(F)(F)F)nc12. The average Bonchev–Trinajstić information content (AvgIpc) is 3.03. The number of nitrogens with zero attached hydrogens (tertiary/aromatic N) is 1. The van der Waals surface area contributed by atoms with Gasteiger partial charge >= 0.3 is 6.18 Å². The normalized spacial score (nSPS) is 16.2. The Morgan fingerprint density at radius 3 is 2.54 bits per heavy atom. The van der Waals surface area contributed by atoms with Gasteiger partial charge in [-0.2, -0.15) is 13.2 Å². The lowest BCUT2D eigenvalue weighted by molar-refractivity contribution is -0.144. The zero-order valence-electron chi connectivity index (χ0n) is 13.2. The van der Waals surface area contributed by atoms with Crippen LogP contribution in [0.25, 0.3) is 22.0 Å². The summed E-state index contributed by atoms with van der Waals surface area (Å²) in [7, 11) is 0. The summed E-state index contributed by atoms with van der Waals surface area (Å²) in [5.74, 6) is -1.93. The van der Waals surface area contributed by atoms with E-state index in [1.54, 1.807) is 0 Å². The number of nitrogens with one attached hydrogen (secondary N) is 2. The zero-order chi connectivity index (χ0) is 17.8. The summed E-state index contributed by atoms with van der Waals surface area (Å²) >= 11 is 0. The third-order valence-corrected chi connectivity index (χ3v) is 4.44. The topological polar surface area (TPSA) is 70.9 Å². The van der Waals surface area contributed by atoms with Crippen LogP contribution in [0, 0.1) is 5.82 Å². The summed E-state index contributed by atoms with van der Waals surface area (Å²) in [6.45, 7) is 1.51. The lowest BCUT2D eigenvalue weighted by Gasteiger charge is -2.21. The number of benzene rings is 1. The van der Waals surface area contributed by atoms with Gasteiger partial charge in [0.25, 0.3) is 0 Å². The van der Waals surface area contributed by atoms with Crippen molar-refractivity contribution >= 4 is 34.4 Å². The minimum Gasteiger partial charge on any atom is -0.458 e. The number of hydrogen-bond acceptors (Lipinski definition) is 4. The number of piperidine rings is 1. The second-order valence-electron chi connectivity index (χ2n) is 6.08. The highest BCUT2D eigenvalue weighted by atomic mass is 35.5. The Labute approximate surface area is 150 Å². The summed E-state index contributed by atoms with van der Waals surface area (Å²) in [6.07, 6.45) is -3.27. The third-order valence-electron chi connectivity index (χ3n) is 4.44. The van der Waals surface area contributed by atoms with Crippen molar-refractivity contribution in [2.75, 3.05) is 13.1 Å². The van der Waals surface area contributed by atoms with E-state index < -0.39 is 28.8 Å². The summed E-state index contributed by atoms with van der Waals surface area (Å²) in [5, 5.41) is 3.06. The molecule has 1 aromatic carbocycles. The van der Waals surface area contributed by atoms with Crippen LogP contribution >= 0.6 is 12.4 Å². The Balaban J connectivity index is 0.00000196. The fraction of sp³-hybridized carbons (Fsp3) is 0.375. The number of H-pyrrole nitrogens is 1. The summed E-state index contributed by atoms with van der Waals surface area (Å²) in [4.78, 5) is 17.7. The van der Waals surface area contributed by atoms with E-state index in [-0.39, 0.29) is 34.8 Å². The van der Waals surface area contributed by atoms with E-state index in [1.807, 2.05) is 4.98 Å². The second kappa shape index (κ2) is 6.55. The van der Waals surface area contributed by atoms with E-state index in [0.717, 1.165) is 32.0 Å². The molecule has 0 amide bonds. The zero-order valence-corrected chi connectivity index (χ0v) is 14.1. The van der Waals surface area contributed by atoms with Crippen molar-refractivity contribution in [3.05, 3.63) is 39.8 Å². The summed E-state index contributed by atoms with van der Waals surface area (Å²) < 4.78 is 58.5. The van der Waals surface area contributed by atoms with Gasteiger partial charge in [-0.15, -0.1) is 12.4 Å². The highest BCUT2D eigenvalue weighted by Crippen LogP contribution is 2.33. The lowest BCUT2D eigenvalue weighted by atomic mass is 9.95. The molecule has 1 aliphatic heterocycles. The lowest BCUT2D eigenvalue weighted by Crippen LogP contribution is -2.27. The van der Waals surface area contributed by atoms with Crippen LogP contribution in [0.4, 0.5) is 17.6 Å². The first-order valence-corrected chi connectivity index (χ1v) is 7.78. The molecule has 2 aromatic heterocycles. The van der Waals surface area contributed by atoms with E-state index >= 15 is 0 Å². The molecule has 3 aromatic rings. The van der Waals surface area contributed by atoms with Gasteiger partial charge in [0.15, 0.2) is 11.0 Å². The molecule has 0 bridgehead atoms. The maximum atomic E-state index is 14.1. The van der Waals surface area contributed by atoms with Gasteiger partial charge in [0.05, 0.1) is 5.39 Å². The fourth-order valence-corrected chi connectivity index (χ4v) is 3.18.